The van der Waals surface area contributed by atoms with Gasteiger partial charge in [-0.3, -0.25) is 9.59 Å². The molecular weight excluding hydrogens is 319 g/mol. The summed E-state index contributed by atoms with van der Waals surface area (Å²) in [5.74, 6) is -1.18. The van der Waals surface area contributed by atoms with E-state index in [1.807, 2.05) is 37.3 Å². The number of likely N-dealkylation sites (tertiary alicyclic amines) is 1. The first-order chi connectivity index (χ1) is 12.0. The predicted octanol–water partition coefficient (Wildman–Crippen LogP) is 2.91. The van der Waals surface area contributed by atoms with Gasteiger partial charge in [0.2, 0.25) is 5.91 Å². The van der Waals surface area contributed by atoms with Crippen LogP contribution < -0.4 is 5.32 Å². The molecular formula is C20H21FN2O2. The molecule has 3 rings (SSSR count). The minimum Gasteiger partial charge on any atom is -0.352 e. The van der Waals surface area contributed by atoms with E-state index >= 15 is 0 Å². The quantitative estimate of drug-likeness (QED) is 0.930. The van der Waals surface area contributed by atoms with E-state index in [0.717, 1.165) is 11.1 Å². The van der Waals surface area contributed by atoms with Gasteiger partial charge >= 0.3 is 0 Å². The highest BCUT2D eigenvalue weighted by atomic mass is 19.1. The summed E-state index contributed by atoms with van der Waals surface area (Å²) in [4.78, 5) is 26.4. The minimum absolute atomic E-state index is 0.0659. The van der Waals surface area contributed by atoms with Gasteiger partial charge in [-0.2, -0.15) is 0 Å². The number of halogens is 1. The number of hydrogen-bond donors (Lipinski definition) is 1. The number of amides is 2. The number of benzene rings is 2. The molecule has 5 heteroatoms. The third kappa shape index (κ3) is 4.05. The number of carbonyl (C=O) groups is 2. The molecule has 2 aromatic rings. The van der Waals surface area contributed by atoms with E-state index in [4.69, 9.17) is 0 Å². The average Bonchev–Trinajstić information content (AvgIpc) is 3.12. The molecule has 1 aliphatic rings. The van der Waals surface area contributed by atoms with Crippen LogP contribution in [0.3, 0.4) is 0 Å². The van der Waals surface area contributed by atoms with Crippen molar-refractivity contribution < 1.29 is 14.0 Å². The maximum absolute atomic E-state index is 13.9. The standard InChI is InChI=1S/C20H21FN2O2/c1-14-7-8-18(21)17(11-14)20(25)23-10-9-16(13-23)19(24)22-12-15-5-3-2-4-6-15/h2-8,11,16H,9-10,12-13H2,1H3,(H,22,24). The molecule has 0 saturated carbocycles. The molecule has 1 unspecified atom stereocenters. The predicted molar refractivity (Wildman–Crippen MR) is 93.4 cm³/mol. The van der Waals surface area contributed by atoms with E-state index in [-0.39, 0.29) is 23.3 Å². The second kappa shape index (κ2) is 7.47. The highest BCUT2D eigenvalue weighted by molar-refractivity contribution is 5.95. The summed E-state index contributed by atoms with van der Waals surface area (Å²) < 4.78 is 13.9. The van der Waals surface area contributed by atoms with Crippen molar-refractivity contribution in [1.82, 2.24) is 10.2 Å². The lowest BCUT2D eigenvalue weighted by molar-refractivity contribution is -0.124. The fourth-order valence-corrected chi connectivity index (χ4v) is 3.06. The van der Waals surface area contributed by atoms with Crippen molar-refractivity contribution in [1.29, 1.82) is 0 Å². The first-order valence-electron chi connectivity index (χ1n) is 8.41. The van der Waals surface area contributed by atoms with Crippen LogP contribution in [0.1, 0.15) is 27.9 Å². The van der Waals surface area contributed by atoms with Gasteiger partial charge in [-0.05, 0) is 31.0 Å². The molecule has 0 aromatic heterocycles. The largest absolute Gasteiger partial charge is 0.352 e. The molecule has 2 amide bonds. The lowest BCUT2D eigenvalue weighted by Crippen LogP contribution is -2.34. The number of nitrogens with one attached hydrogen (secondary N) is 1. The van der Waals surface area contributed by atoms with E-state index in [9.17, 15) is 14.0 Å². The number of hydrogen-bond acceptors (Lipinski definition) is 2. The van der Waals surface area contributed by atoms with E-state index in [1.165, 1.54) is 6.07 Å². The summed E-state index contributed by atoms with van der Waals surface area (Å²) in [6, 6.07) is 14.2. The van der Waals surface area contributed by atoms with Crippen molar-refractivity contribution in [3.8, 4) is 0 Å². The third-order valence-corrected chi connectivity index (χ3v) is 4.51. The third-order valence-electron chi connectivity index (χ3n) is 4.51. The van der Waals surface area contributed by atoms with Gasteiger partial charge in [0.05, 0.1) is 11.5 Å². The Hall–Kier alpha value is -2.69. The molecule has 1 heterocycles. The van der Waals surface area contributed by atoms with Crippen LogP contribution in [0.2, 0.25) is 0 Å². The van der Waals surface area contributed by atoms with Crippen molar-refractivity contribution in [3.63, 3.8) is 0 Å². The van der Waals surface area contributed by atoms with Crippen molar-refractivity contribution in [2.24, 2.45) is 5.92 Å². The lowest BCUT2D eigenvalue weighted by Gasteiger charge is -2.17. The smallest absolute Gasteiger partial charge is 0.256 e. The van der Waals surface area contributed by atoms with E-state index in [0.29, 0.717) is 26.1 Å². The molecule has 1 aliphatic heterocycles. The van der Waals surface area contributed by atoms with Crippen molar-refractivity contribution in [2.45, 2.75) is 19.9 Å². The first kappa shape index (κ1) is 17.1. The Morgan fingerprint density at radius 3 is 2.72 bits per heavy atom. The SMILES string of the molecule is Cc1ccc(F)c(C(=O)N2CCC(C(=O)NCc3ccccc3)C2)c1. The van der Waals surface area contributed by atoms with E-state index < -0.39 is 5.82 Å². The van der Waals surface area contributed by atoms with Gasteiger partial charge < -0.3 is 10.2 Å². The van der Waals surface area contributed by atoms with Gasteiger partial charge in [-0.1, -0.05) is 42.0 Å². The topological polar surface area (TPSA) is 49.4 Å². The van der Waals surface area contributed by atoms with Crippen molar-refractivity contribution in [2.75, 3.05) is 13.1 Å². The lowest BCUT2D eigenvalue weighted by atomic mass is 10.1. The molecule has 0 bridgehead atoms. The maximum Gasteiger partial charge on any atom is 0.256 e. The molecule has 0 radical (unpaired) electrons. The fourth-order valence-electron chi connectivity index (χ4n) is 3.06. The van der Waals surface area contributed by atoms with Crippen molar-refractivity contribution >= 4 is 11.8 Å². The molecule has 4 nitrogen and oxygen atoms in total. The summed E-state index contributed by atoms with van der Waals surface area (Å²) in [6.45, 7) is 3.08. The fraction of sp³-hybridized carbons (Fsp3) is 0.300. The summed E-state index contributed by atoms with van der Waals surface area (Å²) in [5.41, 5.74) is 1.94. The molecule has 0 aliphatic carbocycles. The van der Waals surface area contributed by atoms with Crippen LogP contribution in [0.5, 0.6) is 0 Å². The molecule has 1 N–H and O–H groups in total. The summed E-state index contributed by atoms with van der Waals surface area (Å²) in [5, 5.41) is 2.91. The zero-order valence-corrected chi connectivity index (χ0v) is 14.2. The van der Waals surface area contributed by atoms with Gasteiger partial charge in [0.15, 0.2) is 0 Å². The van der Waals surface area contributed by atoms with Crippen molar-refractivity contribution in [3.05, 3.63) is 71.0 Å². The Kier molecular flexibility index (Phi) is 5.12. The highest BCUT2D eigenvalue weighted by Crippen LogP contribution is 2.21. The van der Waals surface area contributed by atoms with Gasteiger partial charge in [-0.25, -0.2) is 4.39 Å². The van der Waals surface area contributed by atoms with E-state index in [1.54, 1.807) is 17.0 Å². The van der Waals surface area contributed by atoms with Crippen LogP contribution in [0.25, 0.3) is 0 Å². The summed E-state index contributed by atoms with van der Waals surface area (Å²) in [7, 11) is 0. The Balaban J connectivity index is 1.58. The minimum atomic E-state index is -0.521. The molecule has 130 valence electrons. The van der Waals surface area contributed by atoms with Gasteiger partial charge in [0.25, 0.3) is 5.91 Å². The van der Waals surface area contributed by atoms with E-state index in [2.05, 4.69) is 5.32 Å². The number of carbonyl (C=O) groups excluding carboxylic acids is 2. The normalized spacial score (nSPS) is 16.7. The van der Waals surface area contributed by atoms with Gasteiger partial charge in [0, 0.05) is 19.6 Å². The number of aryl methyl sites for hydroxylation is 1. The monoisotopic (exact) mass is 340 g/mol. The van der Waals surface area contributed by atoms with Crippen LogP contribution in [-0.2, 0) is 11.3 Å². The van der Waals surface area contributed by atoms with Crippen LogP contribution >= 0.6 is 0 Å². The van der Waals surface area contributed by atoms with Gasteiger partial charge in [0.1, 0.15) is 5.82 Å². The van der Waals surface area contributed by atoms with Crippen LogP contribution in [-0.4, -0.2) is 29.8 Å². The van der Waals surface area contributed by atoms with Crippen LogP contribution in [0.4, 0.5) is 4.39 Å². The van der Waals surface area contributed by atoms with Crippen LogP contribution in [0.15, 0.2) is 48.5 Å². The molecule has 2 aromatic carbocycles. The van der Waals surface area contributed by atoms with Gasteiger partial charge in [-0.15, -0.1) is 0 Å². The Morgan fingerprint density at radius 1 is 1.20 bits per heavy atom. The van der Waals surface area contributed by atoms with Crippen LogP contribution in [0, 0.1) is 18.7 Å². The second-order valence-electron chi connectivity index (χ2n) is 6.42. The first-order valence-corrected chi connectivity index (χ1v) is 8.41. The number of rotatable bonds is 4. The summed E-state index contributed by atoms with van der Waals surface area (Å²) >= 11 is 0. The second-order valence-corrected chi connectivity index (χ2v) is 6.42. The maximum atomic E-state index is 13.9. The Bertz CT molecular complexity index is 777. The molecule has 25 heavy (non-hydrogen) atoms. The Morgan fingerprint density at radius 2 is 1.96 bits per heavy atom. The molecule has 1 fully saturated rings. The summed E-state index contributed by atoms with van der Waals surface area (Å²) in [6.07, 6.45) is 0.597. The average molecular weight is 340 g/mol. The zero-order valence-electron chi connectivity index (χ0n) is 14.2. The highest BCUT2D eigenvalue weighted by Gasteiger charge is 2.32. The zero-order chi connectivity index (χ0) is 17.8. The molecule has 1 atom stereocenters. The molecule has 0 spiro atoms. The molecule has 1 saturated heterocycles. The number of nitrogens with zero attached hydrogens (tertiary/aromatic N) is 1. The Labute approximate surface area is 146 Å².